The van der Waals surface area contributed by atoms with E-state index < -0.39 is 11.7 Å². The van der Waals surface area contributed by atoms with Crippen molar-refractivity contribution >= 4 is 22.8 Å². The fourth-order valence-corrected chi connectivity index (χ4v) is 3.60. The highest BCUT2D eigenvalue weighted by Gasteiger charge is 2.15. The molecule has 0 saturated heterocycles. The maximum Gasteiger partial charge on any atom is 0.258 e. The molecule has 2 aromatic heterocycles. The number of halogens is 1. The van der Waals surface area contributed by atoms with Gasteiger partial charge in [0.25, 0.3) is 5.91 Å². The minimum atomic E-state index is -0.633. The molecule has 8 nitrogen and oxygen atoms in total. The number of fused-ring (bicyclic) bond motifs is 1. The smallest absolute Gasteiger partial charge is 0.258 e. The van der Waals surface area contributed by atoms with Gasteiger partial charge in [0.15, 0.2) is 0 Å². The number of carbonyl (C=O) groups excluding carboxylic acids is 1. The molecular weight excluding hydrogens is 459 g/mol. The minimum Gasteiger partial charge on any atom is -0.372 e. The van der Waals surface area contributed by atoms with Gasteiger partial charge in [-0.25, -0.2) is 9.37 Å². The van der Waals surface area contributed by atoms with Gasteiger partial charge in [-0.1, -0.05) is 24.3 Å². The van der Waals surface area contributed by atoms with E-state index in [1.807, 2.05) is 24.3 Å². The molecule has 36 heavy (non-hydrogen) atoms. The lowest BCUT2D eigenvalue weighted by atomic mass is 10.1. The number of nitrogens with one attached hydrogen (secondary N) is 2. The van der Waals surface area contributed by atoms with Gasteiger partial charge < -0.3 is 10.1 Å². The number of H-pyrrole nitrogens is 1. The highest BCUT2D eigenvalue weighted by atomic mass is 19.1. The Morgan fingerprint density at radius 1 is 0.972 bits per heavy atom. The highest BCUT2D eigenvalue weighted by molar-refractivity contribution is 6.05. The molecule has 0 saturated carbocycles. The molecule has 0 unspecified atom stereocenters. The quantitative estimate of drug-likeness (QED) is 0.317. The van der Waals surface area contributed by atoms with Crippen LogP contribution < -0.4 is 5.32 Å². The number of aromatic amines is 1. The van der Waals surface area contributed by atoms with E-state index in [0.717, 1.165) is 11.1 Å². The molecular formula is C27H23FN6O2. The standard InChI is InChI=1S/C27H19FN6O2.2H2/c28-23-10-7-20(24-11-12-25-26(31-24)33-34-32-25)13-22(23)27(35)30-21-8-5-19(6-9-21)16-36-15-18-3-1-17(14-29)2-4-18;;/h1-13H,15-16H2,(H,30,35)(H,31,32,33,34);2*1H. The van der Waals surface area contributed by atoms with Crippen LogP contribution >= 0.6 is 0 Å². The molecule has 0 aliphatic carbocycles. The first-order valence-electron chi connectivity index (χ1n) is 11.0. The van der Waals surface area contributed by atoms with E-state index in [9.17, 15) is 9.18 Å². The van der Waals surface area contributed by atoms with Gasteiger partial charge in [-0.3, -0.25) is 4.79 Å². The second-order valence-corrected chi connectivity index (χ2v) is 8.01. The lowest BCUT2D eigenvalue weighted by Gasteiger charge is -2.09. The summed E-state index contributed by atoms with van der Waals surface area (Å²) < 4.78 is 20.2. The average molecular weight is 483 g/mol. The molecule has 0 fully saturated rings. The Labute approximate surface area is 208 Å². The number of nitriles is 1. The van der Waals surface area contributed by atoms with Crippen LogP contribution in [0.15, 0.2) is 78.9 Å². The predicted molar refractivity (Wildman–Crippen MR) is 135 cm³/mol. The van der Waals surface area contributed by atoms with Crippen molar-refractivity contribution < 1.29 is 16.8 Å². The number of anilines is 1. The fourth-order valence-electron chi connectivity index (χ4n) is 3.60. The van der Waals surface area contributed by atoms with Gasteiger partial charge in [0.05, 0.1) is 36.1 Å². The van der Waals surface area contributed by atoms with Crippen LogP contribution in [0.5, 0.6) is 0 Å². The zero-order chi connectivity index (χ0) is 24.9. The lowest BCUT2D eigenvalue weighted by molar-refractivity contribution is 0.102. The van der Waals surface area contributed by atoms with E-state index in [-0.39, 0.29) is 8.42 Å². The van der Waals surface area contributed by atoms with Crippen molar-refractivity contribution in [3.8, 4) is 17.3 Å². The Balaban J connectivity index is 0.00000200. The van der Waals surface area contributed by atoms with E-state index in [2.05, 4.69) is 31.8 Å². The zero-order valence-electron chi connectivity index (χ0n) is 18.9. The van der Waals surface area contributed by atoms with Gasteiger partial charge in [0.2, 0.25) is 5.65 Å². The van der Waals surface area contributed by atoms with Crippen molar-refractivity contribution in [1.82, 2.24) is 20.4 Å². The Morgan fingerprint density at radius 3 is 2.42 bits per heavy atom. The molecule has 2 N–H and O–H groups in total. The average Bonchev–Trinajstić information content (AvgIpc) is 3.38. The third-order valence-corrected chi connectivity index (χ3v) is 5.52. The summed E-state index contributed by atoms with van der Waals surface area (Å²) >= 11 is 0. The van der Waals surface area contributed by atoms with Crippen LogP contribution in [0.3, 0.4) is 0 Å². The van der Waals surface area contributed by atoms with Crippen molar-refractivity contribution in [1.29, 1.82) is 5.26 Å². The molecule has 9 heteroatoms. The van der Waals surface area contributed by atoms with E-state index in [0.29, 0.717) is 46.9 Å². The molecule has 5 rings (SSSR count). The van der Waals surface area contributed by atoms with Gasteiger partial charge in [0, 0.05) is 14.1 Å². The Bertz CT molecular complexity index is 1580. The second-order valence-electron chi connectivity index (χ2n) is 8.01. The number of hydrogen-bond acceptors (Lipinski definition) is 6. The van der Waals surface area contributed by atoms with E-state index in [1.54, 1.807) is 42.5 Å². The largest absolute Gasteiger partial charge is 0.372 e. The molecule has 3 aromatic carbocycles. The number of ether oxygens (including phenoxy) is 1. The van der Waals surface area contributed by atoms with Crippen LogP contribution in [0.1, 0.15) is 29.9 Å². The van der Waals surface area contributed by atoms with Crippen LogP contribution in [-0.2, 0) is 18.0 Å². The highest BCUT2D eigenvalue weighted by Crippen LogP contribution is 2.23. The molecule has 180 valence electrons. The van der Waals surface area contributed by atoms with Crippen LogP contribution in [0.4, 0.5) is 10.1 Å². The predicted octanol–water partition coefficient (Wildman–Crippen LogP) is 5.49. The minimum absolute atomic E-state index is 0. The van der Waals surface area contributed by atoms with Crippen molar-refractivity contribution in [2.24, 2.45) is 0 Å². The summed E-state index contributed by atoms with van der Waals surface area (Å²) in [5.74, 6) is -1.20. The van der Waals surface area contributed by atoms with Crippen molar-refractivity contribution in [2.45, 2.75) is 13.2 Å². The molecule has 1 amide bonds. The molecule has 0 bridgehead atoms. The van der Waals surface area contributed by atoms with Crippen LogP contribution in [-0.4, -0.2) is 26.3 Å². The Morgan fingerprint density at radius 2 is 1.69 bits per heavy atom. The summed E-state index contributed by atoms with van der Waals surface area (Å²) in [5, 5.41) is 22.0. The summed E-state index contributed by atoms with van der Waals surface area (Å²) in [7, 11) is 0. The number of pyridine rings is 1. The second kappa shape index (κ2) is 10.1. The number of nitrogens with zero attached hydrogens (tertiary/aromatic N) is 4. The first kappa shape index (κ1) is 22.8. The fraction of sp³-hybridized carbons (Fsp3) is 0.0741. The van der Waals surface area contributed by atoms with E-state index in [1.165, 1.54) is 12.1 Å². The monoisotopic (exact) mass is 482 g/mol. The first-order valence-corrected chi connectivity index (χ1v) is 11.0. The van der Waals surface area contributed by atoms with Gasteiger partial charge >= 0.3 is 0 Å². The normalized spacial score (nSPS) is 10.8. The summed E-state index contributed by atoms with van der Waals surface area (Å²) in [6.45, 7) is 0.798. The summed E-state index contributed by atoms with van der Waals surface area (Å²) in [5.41, 5.74) is 5.12. The van der Waals surface area contributed by atoms with Gasteiger partial charge in [-0.15, -0.1) is 5.10 Å². The van der Waals surface area contributed by atoms with E-state index in [4.69, 9.17) is 10.00 Å². The third-order valence-electron chi connectivity index (χ3n) is 5.52. The summed E-state index contributed by atoms with van der Waals surface area (Å²) in [4.78, 5) is 17.2. The maximum absolute atomic E-state index is 14.5. The summed E-state index contributed by atoms with van der Waals surface area (Å²) in [6, 6.07) is 24.2. The zero-order valence-corrected chi connectivity index (χ0v) is 18.9. The SMILES string of the molecule is N#Cc1ccc(COCc2ccc(NC(=O)c3cc(-c4ccc5n[nH]nc5n4)ccc3F)cc2)cc1.[HH].[HH]. The third kappa shape index (κ3) is 5.09. The number of aromatic nitrogens is 4. The number of hydrogen-bond donors (Lipinski definition) is 2. The lowest BCUT2D eigenvalue weighted by Crippen LogP contribution is -2.14. The number of rotatable bonds is 7. The Hall–Kier alpha value is -4.94. The van der Waals surface area contributed by atoms with E-state index >= 15 is 0 Å². The first-order chi connectivity index (χ1) is 17.6. The topological polar surface area (TPSA) is 117 Å². The van der Waals surface area contributed by atoms with Crippen LogP contribution in [0.2, 0.25) is 0 Å². The van der Waals surface area contributed by atoms with Gasteiger partial charge in [-0.05, 0) is 65.7 Å². The molecule has 0 spiro atoms. The molecule has 0 radical (unpaired) electrons. The number of amides is 1. The number of benzene rings is 3. The molecule has 0 atom stereocenters. The van der Waals surface area contributed by atoms with Crippen LogP contribution in [0.25, 0.3) is 22.4 Å². The molecule has 0 aliphatic rings. The van der Waals surface area contributed by atoms with Crippen molar-refractivity contribution in [2.75, 3.05) is 5.32 Å². The van der Waals surface area contributed by atoms with Crippen molar-refractivity contribution in [3.63, 3.8) is 0 Å². The van der Waals surface area contributed by atoms with Gasteiger partial charge in [0.1, 0.15) is 11.3 Å². The van der Waals surface area contributed by atoms with Crippen molar-refractivity contribution in [3.05, 3.63) is 107 Å². The summed E-state index contributed by atoms with van der Waals surface area (Å²) in [6.07, 6.45) is 0. The maximum atomic E-state index is 14.5. The van der Waals surface area contributed by atoms with Crippen LogP contribution in [0, 0.1) is 17.1 Å². The molecule has 5 aromatic rings. The Kier molecular flexibility index (Phi) is 6.42. The van der Waals surface area contributed by atoms with Gasteiger partial charge in [-0.2, -0.15) is 15.6 Å². The molecule has 0 aliphatic heterocycles. The molecule has 2 heterocycles. The number of carbonyl (C=O) groups is 1.